The van der Waals surface area contributed by atoms with Crippen LogP contribution >= 0.6 is 0 Å². The molecule has 0 bridgehead atoms. The number of hydrogen-bond acceptors (Lipinski definition) is 2. The van der Waals surface area contributed by atoms with Gasteiger partial charge in [-0.1, -0.05) is 13.0 Å². The Kier molecular flexibility index (Phi) is 4.32. The van der Waals surface area contributed by atoms with Gasteiger partial charge in [-0.05, 0) is 33.1 Å². The minimum atomic E-state index is -0.813. The van der Waals surface area contributed by atoms with E-state index in [-0.39, 0.29) is 5.91 Å². The number of rotatable bonds is 3. The van der Waals surface area contributed by atoms with E-state index in [2.05, 4.69) is 0 Å². The van der Waals surface area contributed by atoms with Gasteiger partial charge in [-0.2, -0.15) is 0 Å². The molecule has 1 heterocycles. The molecule has 0 saturated carbocycles. The first-order chi connectivity index (χ1) is 7.90. The normalized spacial score (nSPS) is 25.8. The van der Waals surface area contributed by atoms with Gasteiger partial charge in [-0.15, -0.1) is 0 Å². The van der Waals surface area contributed by atoms with Gasteiger partial charge in [0.2, 0.25) is 5.91 Å². The summed E-state index contributed by atoms with van der Waals surface area (Å²) in [5, 5.41) is 9.19. The second-order valence-electron chi connectivity index (χ2n) is 4.99. The maximum absolute atomic E-state index is 12.1. The summed E-state index contributed by atoms with van der Waals surface area (Å²) in [5.41, 5.74) is -0.0810. The fraction of sp³-hybridized carbons (Fsp3) is 0.692. The molecule has 1 fully saturated rings. The highest BCUT2D eigenvalue weighted by Gasteiger charge is 2.39. The molecule has 96 valence electrons. The SMILES string of the molecule is CCC=C(C)C(=O)N1CCCC(C)(C(=O)O)C1. The van der Waals surface area contributed by atoms with Crippen molar-refractivity contribution in [1.82, 2.24) is 4.90 Å². The molecule has 0 spiro atoms. The topological polar surface area (TPSA) is 57.6 Å². The number of allylic oxidation sites excluding steroid dienone is 1. The molecule has 1 atom stereocenters. The third kappa shape index (κ3) is 3.08. The summed E-state index contributed by atoms with van der Waals surface area (Å²) in [7, 11) is 0. The van der Waals surface area contributed by atoms with Gasteiger partial charge in [-0.3, -0.25) is 9.59 Å². The van der Waals surface area contributed by atoms with Crippen LogP contribution in [-0.4, -0.2) is 35.0 Å². The van der Waals surface area contributed by atoms with Gasteiger partial charge < -0.3 is 10.0 Å². The van der Waals surface area contributed by atoms with Crippen molar-refractivity contribution in [2.24, 2.45) is 5.41 Å². The molecule has 1 aliphatic rings. The number of carboxylic acids is 1. The van der Waals surface area contributed by atoms with Crippen LogP contribution in [-0.2, 0) is 9.59 Å². The molecule has 1 rings (SSSR count). The van der Waals surface area contributed by atoms with E-state index >= 15 is 0 Å². The number of amides is 1. The van der Waals surface area contributed by atoms with Crippen molar-refractivity contribution >= 4 is 11.9 Å². The predicted octanol–water partition coefficient (Wildman–Crippen LogP) is 2.06. The lowest BCUT2D eigenvalue weighted by molar-refractivity contribution is -0.152. The van der Waals surface area contributed by atoms with Crippen molar-refractivity contribution in [3.63, 3.8) is 0 Å². The first-order valence-electron chi connectivity index (χ1n) is 6.10. The molecule has 4 heteroatoms. The van der Waals surface area contributed by atoms with E-state index in [0.717, 1.165) is 12.8 Å². The van der Waals surface area contributed by atoms with Crippen molar-refractivity contribution < 1.29 is 14.7 Å². The molecular weight excluding hydrogens is 218 g/mol. The van der Waals surface area contributed by atoms with E-state index in [9.17, 15) is 14.7 Å². The number of likely N-dealkylation sites (tertiary alicyclic amines) is 1. The van der Waals surface area contributed by atoms with Crippen LogP contribution in [0.3, 0.4) is 0 Å². The molecule has 0 aromatic heterocycles. The molecule has 0 aliphatic carbocycles. The lowest BCUT2D eigenvalue weighted by Crippen LogP contribution is -2.48. The average Bonchev–Trinajstić information content (AvgIpc) is 2.28. The summed E-state index contributed by atoms with van der Waals surface area (Å²) in [6, 6.07) is 0. The van der Waals surface area contributed by atoms with Crippen molar-refractivity contribution in [2.75, 3.05) is 13.1 Å². The smallest absolute Gasteiger partial charge is 0.311 e. The van der Waals surface area contributed by atoms with Crippen molar-refractivity contribution in [3.05, 3.63) is 11.6 Å². The van der Waals surface area contributed by atoms with E-state index in [1.54, 1.807) is 18.7 Å². The zero-order chi connectivity index (χ0) is 13.1. The summed E-state index contributed by atoms with van der Waals surface area (Å²) >= 11 is 0. The Balaban J connectivity index is 2.77. The third-order valence-corrected chi connectivity index (χ3v) is 3.35. The summed E-state index contributed by atoms with van der Waals surface area (Å²) in [4.78, 5) is 24.9. The van der Waals surface area contributed by atoms with Crippen LogP contribution in [0.5, 0.6) is 0 Å². The standard InChI is InChI=1S/C13H21NO3/c1-4-6-10(2)11(15)14-8-5-7-13(3,9-14)12(16)17/h6H,4-5,7-9H2,1-3H3,(H,16,17). The molecule has 1 saturated heterocycles. The zero-order valence-electron chi connectivity index (χ0n) is 10.8. The van der Waals surface area contributed by atoms with E-state index in [1.807, 2.05) is 13.0 Å². The molecule has 0 radical (unpaired) electrons. The summed E-state index contributed by atoms with van der Waals surface area (Å²) in [5.74, 6) is -0.842. The Morgan fingerprint density at radius 2 is 2.12 bits per heavy atom. The number of hydrogen-bond donors (Lipinski definition) is 1. The zero-order valence-corrected chi connectivity index (χ0v) is 10.8. The predicted molar refractivity (Wildman–Crippen MR) is 65.6 cm³/mol. The molecule has 0 aromatic rings. The summed E-state index contributed by atoms with van der Waals surface area (Å²) in [6.45, 7) is 6.47. The monoisotopic (exact) mass is 239 g/mol. The molecule has 4 nitrogen and oxygen atoms in total. The molecule has 0 aromatic carbocycles. The number of carboxylic acid groups (broad SMARTS) is 1. The van der Waals surface area contributed by atoms with E-state index in [0.29, 0.717) is 25.1 Å². The first-order valence-corrected chi connectivity index (χ1v) is 6.10. The molecule has 1 unspecified atom stereocenters. The highest BCUT2D eigenvalue weighted by Crippen LogP contribution is 2.30. The first kappa shape index (κ1) is 13.7. The van der Waals surface area contributed by atoms with Gasteiger partial charge in [0.1, 0.15) is 0 Å². The minimum absolute atomic E-state index is 0.0287. The number of piperidine rings is 1. The van der Waals surface area contributed by atoms with Gasteiger partial charge >= 0.3 is 5.97 Å². The van der Waals surface area contributed by atoms with Gasteiger partial charge in [-0.25, -0.2) is 0 Å². The van der Waals surface area contributed by atoms with Crippen LogP contribution in [0.2, 0.25) is 0 Å². The molecule has 1 amide bonds. The number of carbonyl (C=O) groups is 2. The van der Waals surface area contributed by atoms with Crippen LogP contribution in [0.1, 0.15) is 40.0 Å². The van der Waals surface area contributed by atoms with E-state index in [1.165, 1.54) is 0 Å². The van der Waals surface area contributed by atoms with Crippen molar-refractivity contribution in [3.8, 4) is 0 Å². The van der Waals surface area contributed by atoms with Crippen LogP contribution in [0.25, 0.3) is 0 Å². The fourth-order valence-corrected chi connectivity index (χ4v) is 2.23. The van der Waals surface area contributed by atoms with Gasteiger partial charge in [0, 0.05) is 18.7 Å². The van der Waals surface area contributed by atoms with Crippen LogP contribution in [0.4, 0.5) is 0 Å². The molecule has 1 aliphatic heterocycles. The second kappa shape index (κ2) is 5.34. The highest BCUT2D eigenvalue weighted by molar-refractivity contribution is 5.93. The number of aliphatic carboxylic acids is 1. The summed E-state index contributed by atoms with van der Waals surface area (Å²) < 4.78 is 0. The van der Waals surface area contributed by atoms with Crippen molar-refractivity contribution in [1.29, 1.82) is 0 Å². The minimum Gasteiger partial charge on any atom is -0.481 e. The Hall–Kier alpha value is -1.32. The second-order valence-corrected chi connectivity index (χ2v) is 4.99. The Bertz CT molecular complexity index is 349. The van der Waals surface area contributed by atoms with Crippen LogP contribution in [0.15, 0.2) is 11.6 Å². The largest absolute Gasteiger partial charge is 0.481 e. The summed E-state index contributed by atoms with van der Waals surface area (Å²) in [6.07, 6.45) is 4.10. The Morgan fingerprint density at radius 3 is 2.65 bits per heavy atom. The van der Waals surface area contributed by atoms with Crippen LogP contribution in [0, 0.1) is 5.41 Å². The quantitative estimate of drug-likeness (QED) is 0.767. The number of carbonyl (C=O) groups excluding carboxylic acids is 1. The van der Waals surface area contributed by atoms with E-state index < -0.39 is 11.4 Å². The Morgan fingerprint density at radius 1 is 1.47 bits per heavy atom. The lowest BCUT2D eigenvalue weighted by atomic mass is 9.82. The molecular formula is C13H21NO3. The number of nitrogens with zero attached hydrogens (tertiary/aromatic N) is 1. The third-order valence-electron chi connectivity index (χ3n) is 3.35. The fourth-order valence-electron chi connectivity index (χ4n) is 2.23. The van der Waals surface area contributed by atoms with Gasteiger partial charge in [0.25, 0.3) is 0 Å². The molecule has 17 heavy (non-hydrogen) atoms. The van der Waals surface area contributed by atoms with Gasteiger partial charge in [0.15, 0.2) is 0 Å². The molecule has 1 N–H and O–H groups in total. The lowest BCUT2D eigenvalue weighted by Gasteiger charge is -2.37. The van der Waals surface area contributed by atoms with Crippen molar-refractivity contribution in [2.45, 2.75) is 40.0 Å². The average molecular weight is 239 g/mol. The van der Waals surface area contributed by atoms with Gasteiger partial charge in [0.05, 0.1) is 5.41 Å². The van der Waals surface area contributed by atoms with Crippen LogP contribution < -0.4 is 0 Å². The maximum Gasteiger partial charge on any atom is 0.311 e. The highest BCUT2D eigenvalue weighted by atomic mass is 16.4. The maximum atomic E-state index is 12.1. The Labute approximate surface area is 102 Å². The van der Waals surface area contributed by atoms with E-state index in [4.69, 9.17) is 0 Å².